The van der Waals surface area contributed by atoms with Crippen molar-refractivity contribution < 1.29 is 16.8 Å². The molecule has 0 saturated heterocycles. The molecule has 0 aliphatic carbocycles. The van der Waals surface area contributed by atoms with Gasteiger partial charge in [-0.1, -0.05) is 45.0 Å². The molecule has 6 nitrogen and oxygen atoms in total. The third kappa shape index (κ3) is 6.85. The van der Waals surface area contributed by atoms with Crippen LogP contribution in [-0.4, -0.2) is 40.4 Å². The molecule has 27 heavy (non-hydrogen) atoms. The van der Waals surface area contributed by atoms with E-state index in [1.54, 1.807) is 27.7 Å². The summed E-state index contributed by atoms with van der Waals surface area (Å²) in [6, 6.07) is 7.91. The minimum atomic E-state index is -3.30. The third-order valence-corrected chi connectivity index (χ3v) is 8.41. The van der Waals surface area contributed by atoms with Gasteiger partial charge >= 0.3 is 0 Å². The summed E-state index contributed by atoms with van der Waals surface area (Å²) in [5, 5.41) is -0.923. The van der Waals surface area contributed by atoms with Gasteiger partial charge in [-0.15, -0.1) is 0 Å². The molecule has 0 amide bonds. The van der Waals surface area contributed by atoms with Crippen LogP contribution in [0, 0.1) is 0 Å². The fourth-order valence-corrected chi connectivity index (χ4v) is 4.05. The van der Waals surface area contributed by atoms with Gasteiger partial charge in [0.2, 0.25) is 20.0 Å². The lowest BCUT2D eigenvalue weighted by atomic mass is 9.84. The maximum absolute atomic E-state index is 12.0. The fourth-order valence-electron chi connectivity index (χ4n) is 2.34. The van der Waals surface area contributed by atoms with Gasteiger partial charge in [0.1, 0.15) is 0 Å². The Hall–Kier alpha value is -0.960. The molecular weight excluding hydrogens is 384 g/mol. The summed E-state index contributed by atoms with van der Waals surface area (Å²) in [5.41, 5.74) is 1.69. The molecule has 0 aliphatic heterocycles. The molecule has 0 fully saturated rings. The summed E-state index contributed by atoms with van der Waals surface area (Å²) in [5.74, 6) is 0.0372. The van der Waals surface area contributed by atoms with Gasteiger partial charge in [-0.2, -0.15) is 0 Å². The molecule has 1 aromatic carbocycles. The van der Waals surface area contributed by atoms with Crippen LogP contribution in [-0.2, 0) is 25.5 Å². The fraction of sp³-hybridized carbons (Fsp3) is 0.684. The average molecular weight is 419 g/mol. The highest BCUT2D eigenvalue weighted by molar-refractivity contribution is 7.90. The average Bonchev–Trinajstić information content (AvgIpc) is 2.58. The van der Waals surface area contributed by atoms with Crippen molar-refractivity contribution in [2.24, 2.45) is 0 Å². The zero-order valence-corrected chi connectivity index (χ0v) is 19.0. The first-order valence-electron chi connectivity index (χ1n) is 9.26. The second-order valence-electron chi connectivity index (χ2n) is 8.26. The van der Waals surface area contributed by atoms with Crippen LogP contribution in [0.2, 0.25) is 0 Å². The van der Waals surface area contributed by atoms with E-state index in [1.165, 1.54) is 0 Å². The first-order valence-corrected chi connectivity index (χ1v) is 12.4. The number of hydrogen-bond donors (Lipinski definition) is 2. The standard InChI is InChI=1S/C19H34N2O4S2/c1-14(2)26(22,23)20-12-16(5)17-8-10-18(11-9-17)19(6,7)13-21-27(24,25)15(3)4/h8-11,14-16,20-21H,12-13H2,1-7H3. The summed E-state index contributed by atoms with van der Waals surface area (Å²) < 4.78 is 53.1. The molecule has 0 aromatic heterocycles. The molecule has 1 rings (SSSR count). The highest BCUT2D eigenvalue weighted by Crippen LogP contribution is 2.25. The first kappa shape index (κ1) is 24.1. The number of benzene rings is 1. The summed E-state index contributed by atoms with van der Waals surface area (Å²) in [7, 11) is -6.58. The van der Waals surface area contributed by atoms with Gasteiger partial charge in [-0.25, -0.2) is 26.3 Å². The second kappa shape index (κ2) is 9.03. The Kier molecular flexibility index (Phi) is 8.05. The Morgan fingerprint density at radius 3 is 1.70 bits per heavy atom. The first-order chi connectivity index (χ1) is 12.2. The van der Waals surface area contributed by atoms with Crippen molar-refractivity contribution in [3.8, 4) is 0 Å². The largest absolute Gasteiger partial charge is 0.214 e. The van der Waals surface area contributed by atoms with Gasteiger partial charge in [0, 0.05) is 18.5 Å². The molecule has 0 aliphatic rings. The molecule has 0 saturated carbocycles. The SMILES string of the molecule is CC(CNS(=O)(=O)C(C)C)c1ccc(C(C)(C)CNS(=O)(=O)C(C)C)cc1. The van der Waals surface area contributed by atoms with E-state index in [-0.39, 0.29) is 11.3 Å². The molecule has 1 atom stereocenters. The highest BCUT2D eigenvalue weighted by Gasteiger charge is 2.25. The summed E-state index contributed by atoms with van der Waals surface area (Å²) in [6.07, 6.45) is 0. The Morgan fingerprint density at radius 1 is 0.815 bits per heavy atom. The van der Waals surface area contributed by atoms with E-state index in [4.69, 9.17) is 0 Å². The normalized spacial score (nSPS) is 14.7. The van der Waals surface area contributed by atoms with Gasteiger partial charge in [-0.05, 0) is 44.7 Å². The zero-order valence-electron chi connectivity index (χ0n) is 17.4. The van der Waals surface area contributed by atoms with Crippen LogP contribution in [0.3, 0.4) is 0 Å². The van der Waals surface area contributed by atoms with Crippen molar-refractivity contribution in [2.75, 3.05) is 13.1 Å². The van der Waals surface area contributed by atoms with E-state index >= 15 is 0 Å². The predicted molar refractivity (Wildman–Crippen MR) is 112 cm³/mol. The quantitative estimate of drug-likeness (QED) is 0.611. The minimum Gasteiger partial charge on any atom is -0.214 e. The molecule has 156 valence electrons. The Labute approximate surface area is 165 Å². The molecule has 0 spiro atoms. The van der Waals surface area contributed by atoms with Crippen molar-refractivity contribution >= 4 is 20.0 Å². The van der Waals surface area contributed by atoms with E-state index in [9.17, 15) is 16.8 Å². The van der Waals surface area contributed by atoms with Crippen LogP contribution in [0.5, 0.6) is 0 Å². The maximum Gasteiger partial charge on any atom is 0.213 e. The lowest BCUT2D eigenvalue weighted by molar-refractivity contribution is 0.498. The van der Waals surface area contributed by atoms with Crippen molar-refractivity contribution in [1.29, 1.82) is 0 Å². The number of nitrogens with one attached hydrogen (secondary N) is 2. The van der Waals surface area contributed by atoms with E-state index in [0.29, 0.717) is 13.1 Å². The second-order valence-corrected chi connectivity index (χ2v) is 12.9. The van der Waals surface area contributed by atoms with Gasteiger partial charge in [-0.3, -0.25) is 0 Å². The van der Waals surface area contributed by atoms with Gasteiger partial charge in [0.05, 0.1) is 10.5 Å². The molecule has 1 unspecified atom stereocenters. The molecule has 8 heteroatoms. The molecule has 0 radical (unpaired) electrons. The number of hydrogen-bond acceptors (Lipinski definition) is 4. The zero-order chi connectivity index (χ0) is 21.0. The van der Waals surface area contributed by atoms with E-state index in [1.807, 2.05) is 45.0 Å². The van der Waals surface area contributed by atoms with Crippen molar-refractivity contribution in [1.82, 2.24) is 9.44 Å². The van der Waals surface area contributed by atoms with Crippen molar-refractivity contribution in [3.05, 3.63) is 35.4 Å². The van der Waals surface area contributed by atoms with Crippen LogP contribution in [0.4, 0.5) is 0 Å². The van der Waals surface area contributed by atoms with Crippen molar-refractivity contribution in [3.63, 3.8) is 0 Å². The molecular formula is C19H34N2O4S2. The summed E-state index contributed by atoms with van der Waals surface area (Å²) in [4.78, 5) is 0. The maximum atomic E-state index is 12.0. The van der Waals surface area contributed by atoms with Crippen LogP contribution in [0.25, 0.3) is 0 Å². The summed E-state index contributed by atoms with van der Waals surface area (Å²) in [6.45, 7) is 13.2. The predicted octanol–water partition coefficient (Wildman–Crippen LogP) is 2.72. The smallest absolute Gasteiger partial charge is 0.213 e. The van der Waals surface area contributed by atoms with Crippen LogP contribution in [0.1, 0.15) is 65.5 Å². The van der Waals surface area contributed by atoms with Gasteiger partial charge in [0.25, 0.3) is 0 Å². The number of rotatable bonds is 10. The Morgan fingerprint density at radius 2 is 1.26 bits per heavy atom. The van der Waals surface area contributed by atoms with Gasteiger partial charge < -0.3 is 0 Å². The lowest BCUT2D eigenvalue weighted by Gasteiger charge is -2.27. The highest BCUT2D eigenvalue weighted by atomic mass is 32.2. The molecule has 1 aromatic rings. The molecule has 0 bridgehead atoms. The number of sulfonamides is 2. The Bertz CT molecular complexity index is 812. The summed E-state index contributed by atoms with van der Waals surface area (Å²) >= 11 is 0. The minimum absolute atomic E-state index is 0.0372. The van der Waals surface area contributed by atoms with E-state index < -0.39 is 30.5 Å². The van der Waals surface area contributed by atoms with E-state index in [2.05, 4.69) is 9.44 Å². The van der Waals surface area contributed by atoms with Crippen LogP contribution >= 0.6 is 0 Å². The topological polar surface area (TPSA) is 92.3 Å². The van der Waals surface area contributed by atoms with E-state index in [0.717, 1.165) is 11.1 Å². The monoisotopic (exact) mass is 418 g/mol. The van der Waals surface area contributed by atoms with Gasteiger partial charge in [0.15, 0.2) is 0 Å². The van der Waals surface area contributed by atoms with Crippen molar-refractivity contribution in [2.45, 2.75) is 70.3 Å². The lowest BCUT2D eigenvalue weighted by Crippen LogP contribution is -2.39. The molecule has 0 heterocycles. The van der Waals surface area contributed by atoms with Crippen LogP contribution in [0.15, 0.2) is 24.3 Å². The Balaban J connectivity index is 2.79. The third-order valence-electron chi connectivity index (χ3n) is 4.81. The molecule has 2 N–H and O–H groups in total. The van der Waals surface area contributed by atoms with Crippen LogP contribution < -0.4 is 9.44 Å².